The number of nitrogens with zero attached hydrogens (tertiary/aromatic N) is 2. The first-order valence-corrected chi connectivity index (χ1v) is 7.83. The summed E-state index contributed by atoms with van der Waals surface area (Å²) in [7, 11) is 0. The second-order valence-electron chi connectivity index (χ2n) is 5.85. The van der Waals surface area contributed by atoms with Crippen LogP contribution in [0.25, 0.3) is 11.0 Å². The van der Waals surface area contributed by atoms with Gasteiger partial charge in [-0.3, -0.25) is 4.79 Å². The fourth-order valence-corrected chi connectivity index (χ4v) is 2.74. The molecule has 0 bridgehead atoms. The molecule has 0 atom stereocenters. The van der Waals surface area contributed by atoms with E-state index < -0.39 is 0 Å². The van der Waals surface area contributed by atoms with Crippen LogP contribution < -0.4 is 5.32 Å². The van der Waals surface area contributed by atoms with Gasteiger partial charge in [-0.25, -0.2) is 4.98 Å². The SMILES string of the molecule is Cc1ccc(C(=O)NCCn2c(C)nc3ccccc32)cc1C. The zero-order chi connectivity index (χ0) is 16.4. The Bertz CT molecular complexity index is 864. The molecule has 3 aromatic rings. The Morgan fingerprint density at radius 2 is 1.87 bits per heavy atom. The Labute approximate surface area is 136 Å². The Kier molecular flexibility index (Phi) is 4.15. The van der Waals surface area contributed by atoms with Gasteiger partial charge in [0, 0.05) is 18.7 Å². The highest BCUT2D eigenvalue weighted by molar-refractivity contribution is 5.94. The Balaban J connectivity index is 1.67. The fraction of sp³-hybridized carbons (Fsp3) is 0.263. The van der Waals surface area contributed by atoms with Crippen molar-refractivity contribution in [3.05, 3.63) is 65.0 Å². The van der Waals surface area contributed by atoms with Crippen molar-refractivity contribution < 1.29 is 4.79 Å². The van der Waals surface area contributed by atoms with Crippen molar-refractivity contribution in [3.8, 4) is 0 Å². The second-order valence-corrected chi connectivity index (χ2v) is 5.85. The number of para-hydroxylation sites is 2. The van der Waals surface area contributed by atoms with Crippen molar-refractivity contribution in [2.24, 2.45) is 0 Å². The van der Waals surface area contributed by atoms with Gasteiger partial charge in [0.1, 0.15) is 5.82 Å². The average Bonchev–Trinajstić information content (AvgIpc) is 2.86. The zero-order valence-electron chi connectivity index (χ0n) is 13.8. The molecule has 0 saturated carbocycles. The number of fused-ring (bicyclic) bond motifs is 1. The molecule has 0 spiro atoms. The molecule has 1 amide bonds. The molecule has 23 heavy (non-hydrogen) atoms. The van der Waals surface area contributed by atoms with Crippen LogP contribution >= 0.6 is 0 Å². The number of imidazole rings is 1. The van der Waals surface area contributed by atoms with Crippen LogP contribution in [0.15, 0.2) is 42.5 Å². The summed E-state index contributed by atoms with van der Waals surface area (Å²) in [5.74, 6) is 0.932. The lowest BCUT2D eigenvalue weighted by molar-refractivity contribution is 0.0952. The molecule has 2 aromatic carbocycles. The highest BCUT2D eigenvalue weighted by Crippen LogP contribution is 2.15. The number of aryl methyl sites for hydroxylation is 3. The van der Waals surface area contributed by atoms with Crippen molar-refractivity contribution >= 4 is 16.9 Å². The fourth-order valence-electron chi connectivity index (χ4n) is 2.74. The predicted octanol–water partition coefficient (Wildman–Crippen LogP) is 3.39. The van der Waals surface area contributed by atoms with E-state index in [4.69, 9.17) is 0 Å². The van der Waals surface area contributed by atoms with Gasteiger partial charge in [-0.2, -0.15) is 0 Å². The van der Waals surface area contributed by atoms with Gasteiger partial charge in [-0.1, -0.05) is 18.2 Å². The maximum Gasteiger partial charge on any atom is 0.251 e. The van der Waals surface area contributed by atoms with Gasteiger partial charge >= 0.3 is 0 Å². The predicted molar refractivity (Wildman–Crippen MR) is 92.7 cm³/mol. The number of nitrogens with one attached hydrogen (secondary N) is 1. The first-order valence-electron chi connectivity index (χ1n) is 7.83. The molecule has 0 radical (unpaired) electrons. The smallest absolute Gasteiger partial charge is 0.251 e. The normalized spacial score (nSPS) is 10.9. The monoisotopic (exact) mass is 307 g/mol. The summed E-state index contributed by atoms with van der Waals surface area (Å²) in [5, 5.41) is 2.99. The van der Waals surface area contributed by atoms with Crippen LogP contribution in [0.1, 0.15) is 27.3 Å². The molecular weight excluding hydrogens is 286 g/mol. The number of aromatic nitrogens is 2. The summed E-state index contributed by atoms with van der Waals surface area (Å²) in [4.78, 5) is 16.8. The van der Waals surface area contributed by atoms with Crippen LogP contribution in [0.2, 0.25) is 0 Å². The van der Waals surface area contributed by atoms with Crippen molar-refractivity contribution in [2.75, 3.05) is 6.54 Å². The number of hydrogen-bond acceptors (Lipinski definition) is 2. The summed E-state index contributed by atoms with van der Waals surface area (Å²) in [6.07, 6.45) is 0. The standard InChI is InChI=1S/C19H21N3O/c1-13-8-9-16(12-14(13)2)19(23)20-10-11-22-15(3)21-17-6-4-5-7-18(17)22/h4-9,12H,10-11H2,1-3H3,(H,20,23). The van der Waals surface area contributed by atoms with Crippen molar-refractivity contribution in [3.63, 3.8) is 0 Å². The van der Waals surface area contributed by atoms with Crippen LogP contribution in [0.5, 0.6) is 0 Å². The first kappa shape index (κ1) is 15.3. The molecule has 3 rings (SSSR count). The molecule has 0 unspecified atom stereocenters. The number of carbonyl (C=O) groups excluding carboxylic acids is 1. The van der Waals surface area contributed by atoms with Gasteiger partial charge in [0.25, 0.3) is 5.91 Å². The third-order valence-corrected chi connectivity index (χ3v) is 4.24. The van der Waals surface area contributed by atoms with Crippen LogP contribution in [0.4, 0.5) is 0 Å². The van der Waals surface area contributed by atoms with E-state index in [-0.39, 0.29) is 5.91 Å². The lowest BCUT2D eigenvalue weighted by Gasteiger charge is -2.09. The maximum absolute atomic E-state index is 12.2. The van der Waals surface area contributed by atoms with Gasteiger partial charge in [-0.05, 0) is 56.2 Å². The van der Waals surface area contributed by atoms with Crippen LogP contribution in [0.3, 0.4) is 0 Å². The molecular formula is C19H21N3O. The highest BCUT2D eigenvalue weighted by atomic mass is 16.1. The molecule has 1 aromatic heterocycles. The number of benzene rings is 2. The van der Waals surface area contributed by atoms with Gasteiger partial charge < -0.3 is 9.88 Å². The summed E-state index contributed by atoms with van der Waals surface area (Å²) in [6, 6.07) is 13.8. The third-order valence-electron chi connectivity index (χ3n) is 4.24. The Hall–Kier alpha value is -2.62. The van der Waals surface area contributed by atoms with E-state index in [0.29, 0.717) is 18.7 Å². The molecule has 118 valence electrons. The quantitative estimate of drug-likeness (QED) is 0.803. The number of amides is 1. The minimum Gasteiger partial charge on any atom is -0.350 e. The molecule has 0 aliphatic carbocycles. The van der Waals surface area contributed by atoms with Crippen molar-refractivity contribution in [1.29, 1.82) is 0 Å². The third kappa shape index (κ3) is 3.11. The number of carbonyl (C=O) groups is 1. The van der Waals surface area contributed by atoms with Crippen LogP contribution in [0, 0.1) is 20.8 Å². The van der Waals surface area contributed by atoms with E-state index in [1.54, 1.807) is 0 Å². The minimum absolute atomic E-state index is 0.0322. The largest absolute Gasteiger partial charge is 0.350 e. The molecule has 0 fully saturated rings. The summed E-state index contributed by atoms with van der Waals surface area (Å²) in [6.45, 7) is 7.35. The lowest BCUT2D eigenvalue weighted by atomic mass is 10.1. The average molecular weight is 307 g/mol. The topological polar surface area (TPSA) is 46.9 Å². The van der Waals surface area contributed by atoms with Gasteiger partial charge in [0.05, 0.1) is 11.0 Å². The van der Waals surface area contributed by atoms with Gasteiger partial charge in [-0.15, -0.1) is 0 Å². The molecule has 0 aliphatic heterocycles. The van der Waals surface area contributed by atoms with E-state index in [1.165, 1.54) is 5.56 Å². The van der Waals surface area contributed by atoms with Crippen LogP contribution in [-0.4, -0.2) is 22.0 Å². The van der Waals surface area contributed by atoms with E-state index >= 15 is 0 Å². The Morgan fingerprint density at radius 3 is 2.65 bits per heavy atom. The molecule has 4 nitrogen and oxygen atoms in total. The summed E-state index contributed by atoms with van der Waals surface area (Å²) < 4.78 is 2.13. The van der Waals surface area contributed by atoms with Crippen LogP contribution in [-0.2, 0) is 6.54 Å². The van der Waals surface area contributed by atoms with Gasteiger partial charge in [0.15, 0.2) is 0 Å². The van der Waals surface area contributed by atoms with Crippen molar-refractivity contribution in [1.82, 2.24) is 14.9 Å². The molecule has 0 saturated heterocycles. The second kappa shape index (κ2) is 6.24. The van der Waals surface area contributed by atoms with E-state index in [0.717, 1.165) is 22.4 Å². The van der Waals surface area contributed by atoms with Crippen molar-refractivity contribution in [2.45, 2.75) is 27.3 Å². The maximum atomic E-state index is 12.2. The molecule has 1 heterocycles. The van der Waals surface area contributed by atoms with E-state index in [9.17, 15) is 4.79 Å². The molecule has 1 N–H and O–H groups in total. The first-order chi connectivity index (χ1) is 11.1. The summed E-state index contributed by atoms with van der Waals surface area (Å²) in [5.41, 5.74) is 5.13. The molecule has 4 heteroatoms. The Morgan fingerprint density at radius 1 is 1.09 bits per heavy atom. The molecule has 0 aliphatic rings. The van der Waals surface area contributed by atoms with E-state index in [1.807, 2.05) is 57.2 Å². The zero-order valence-corrected chi connectivity index (χ0v) is 13.8. The minimum atomic E-state index is -0.0322. The summed E-state index contributed by atoms with van der Waals surface area (Å²) >= 11 is 0. The lowest BCUT2D eigenvalue weighted by Crippen LogP contribution is -2.27. The van der Waals surface area contributed by atoms with E-state index in [2.05, 4.69) is 20.9 Å². The number of hydrogen-bond donors (Lipinski definition) is 1. The highest BCUT2D eigenvalue weighted by Gasteiger charge is 2.09. The van der Waals surface area contributed by atoms with Gasteiger partial charge in [0.2, 0.25) is 0 Å². The number of rotatable bonds is 4.